The maximum Gasteiger partial charge on any atom is 0.367 e. The molecule has 0 aliphatic rings. The van der Waals surface area contributed by atoms with Crippen LogP contribution in [0.4, 0.5) is 0 Å². The Morgan fingerprint density at radius 2 is 0.982 bits per heavy atom. The van der Waals surface area contributed by atoms with E-state index in [1.807, 2.05) is 0 Å². The van der Waals surface area contributed by atoms with Gasteiger partial charge in [0.2, 0.25) is 5.88 Å². The van der Waals surface area contributed by atoms with Gasteiger partial charge in [0.1, 0.15) is 33.7 Å². The van der Waals surface area contributed by atoms with Crippen LogP contribution < -0.4 is 4.74 Å². The predicted molar refractivity (Wildman–Crippen MR) is 213 cm³/mol. The number of alkyl halides is 2. The third kappa shape index (κ3) is 24.9. The second-order valence-electron chi connectivity index (χ2n) is 9.77. The molecule has 0 saturated carbocycles. The predicted octanol–water partition coefficient (Wildman–Crippen LogP) is 6.75. The molecule has 0 atom stereocenters. The van der Waals surface area contributed by atoms with E-state index in [1.165, 1.54) is 47.0 Å². The molecule has 3 heterocycles. The van der Waals surface area contributed by atoms with Gasteiger partial charge in [-0.1, -0.05) is 23.2 Å². The molecule has 2 amide bonds. The van der Waals surface area contributed by atoms with E-state index in [2.05, 4.69) is 29.9 Å². The number of hydrogen-bond acceptors (Lipinski definition) is 17. The van der Waals surface area contributed by atoms with Crippen LogP contribution in [0, 0.1) is 0 Å². The standard InChI is InChI=1S/C12H20N3O5P.C7H8ClN3O.C5H2Cl2N2O.C5H13O4P.CH2Cl2/c1-5-19-21(17,20-6-2)9-18-11-8-13-10(7-14-11)12(16)15(3)4;1-11(2)7(12)5-3-10-6(8)4-9-5;6-4-2-8-3(1-9-4)5(7)10;1-3-8-10(7,5-6)9-4-2;2-1-3/h7-8H,5-6,9H2,1-4H3;3-4H,1-2H3;1-2H;6H,3-5H2,1-2H3;1H2. The van der Waals surface area contributed by atoms with Crippen LogP contribution in [0.5, 0.6) is 5.88 Å². The molecule has 3 aromatic heterocycles. The molecule has 0 fully saturated rings. The molecule has 0 aliphatic carbocycles. The van der Waals surface area contributed by atoms with E-state index in [0.29, 0.717) is 5.69 Å². The Hall–Kier alpha value is -2.64. The second kappa shape index (κ2) is 31.4. The van der Waals surface area contributed by atoms with E-state index in [1.54, 1.807) is 55.9 Å². The highest BCUT2D eigenvalue weighted by Gasteiger charge is 2.25. The number of rotatable bonds is 15. The lowest BCUT2D eigenvalue weighted by Crippen LogP contribution is -2.22. The van der Waals surface area contributed by atoms with Gasteiger partial charge in [0, 0.05) is 28.2 Å². The fraction of sp³-hybridized carbons (Fsp3) is 0.500. The van der Waals surface area contributed by atoms with Crippen molar-refractivity contribution in [1.82, 2.24) is 39.7 Å². The molecule has 0 aliphatic heterocycles. The zero-order valence-electron chi connectivity index (χ0n) is 31.8. The average Bonchev–Trinajstić information content (AvgIpc) is 3.15. The van der Waals surface area contributed by atoms with Gasteiger partial charge in [-0.3, -0.25) is 23.5 Å². The van der Waals surface area contributed by atoms with E-state index in [4.69, 9.17) is 85.9 Å². The largest absolute Gasteiger partial charge is 0.464 e. The molecule has 0 aromatic carbocycles. The molecule has 0 saturated heterocycles. The number of carbonyl (C=O) groups is 3. The topological polar surface area (TPSA) is 236 Å². The lowest BCUT2D eigenvalue weighted by Gasteiger charge is -2.16. The number of aliphatic hydroxyl groups excluding tert-OH is 1. The maximum atomic E-state index is 12.2. The van der Waals surface area contributed by atoms with Gasteiger partial charge in [0.25, 0.3) is 17.1 Å². The van der Waals surface area contributed by atoms with Crippen LogP contribution in [0.15, 0.2) is 37.2 Å². The number of hydrogen-bond donors (Lipinski definition) is 1. The van der Waals surface area contributed by atoms with Crippen LogP contribution in [0.25, 0.3) is 0 Å². The Bertz CT molecular complexity index is 1630. The van der Waals surface area contributed by atoms with Gasteiger partial charge in [-0.25, -0.2) is 29.9 Å². The van der Waals surface area contributed by atoms with E-state index < -0.39 is 26.8 Å². The van der Waals surface area contributed by atoms with Gasteiger partial charge in [-0.05, 0) is 39.3 Å². The number of halogens is 5. The smallest absolute Gasteiger partial charge is 0.367 e. The van der Waals surface area contributed by atoms with Gasteiger partial charge < -0.3 is 37.7 Å². The van der Waals surface area contributed by atoms with Gasteiger partial charge in [0.05, 0.1) is 68.9 Å². The van der Waals surface area contributed by atoms with Crippen molar-refractivity contribution in [1.29, 1.82) is 0 Å². The van der Waals surface area contributed by atoms with Crippen LogP contribution in [-0.2, 0) is 27.2 Å². The fourth-order valence-electron chi connectivity index (χ4n) is 2.96. The molecule has 0 bridgehead atoms. The number of carbonyl (C=O) groups excluding carboxylic acids is 3. The highest BCUT2D eigenvalue weighted by molar-refractivity contribution is 7.53. The summed E-state index contributed by atoms with van der Waals surface area (Å²) in [5, 5.41) is 8.61. The van der Waals surface area contributed by atoms with Crippen LogP contribution in [0.2, 0.25) is 10.3 Å². The molecular weight excluding hydrogens is 888 g/mol. The molecular formula is C30H45Cl5N8O11P2. The fourth-order valence-corrected chi connectivity index (χ4v) is 5.58. The molecule has 0 radical (unpaired) electrons. The van der Waals surface area contributed by atoms with Crippen LogP contribution in [-0.4, -0.2) is 135 Å². The molecule has 0 unspecified atom stereocenters. The maximum absolute atomic E-state index is 12.2. The van der Waals surface area contributed by atoms with Gasteiger partial charge in [-0.15, -0.1) is 23.2 Å². The summed E-state index contributed by atoms with van der Waals surface area (Å²) >= 11 is 25.5. The van der Waals surface area contributed by atoms with Crippen LogP contribution >= 0.6 is 73.2 Å². The molecule has 56 heavy (non-hydrogen) atoms. The molecule has 1 N–H and O–H groups in total. The van der Waals surface area contributed by atoms with Crippen molar-refractivity contribution >= 4 is 90.3 Å². The first-order valence-corrected chi connectivity index (χ1v) is 21.5. The first kappa shape index (κ1) is 55.5. The first-order chi connectivity index (χ1) is 26.3. The summed E-state index contributed by atoms with van der Waals surface area (Å²) in [7, 11) is 0.101. The van der Waals surface area contributed by atoms with Crippen molar-refractivity contribution in [2.45, 2.75) is 27.7 Å². The minimum atomic E-state index is -3.30. The Labute approximate surface area is 350 Å². The van der Waals surface area contributed by atoms with E-state index >= 15 is 0 Å². The Morgan fingerprint density at radius 1 is 0.625 bits per heavy atom. The van der Waals surface area contributed by atoms with Crippen molar-refractivity contribution < 1.29 is 51.5 Å². The zero-order valence-corrected chi connectivity index (χ0v) is 37.4. The first-order valence-electron chi connectivity index (χ1n) is 15.8. The second-order valence-corrected chi connectivity index (χ2v) is 15.7. The normalized spacial score (nSPS) is 10.4. The highest BCUT2D eigenvalue weighted by atomic mass is 35.5. The van der Waals surface area contributed by atoms with Crippen molar-refractivity contribution in [2.24, 2.45) is 0 Å². The van der Waals surface area contributed by atoms with Crippen molar-refractivity contribution in [3.8, 4) is 5.88 Å². The monoisotopic (exact) mass is 930 g/mol. The number of aliphatic hydroxyl groups is 1. The lowest BCUT2D eigenvalue weighted by molar-refractivity contribution is 0.0814. The summed E-state index contributed by atoms with van der Waals surface area (Å²) in [5.74, 6) is -0.299. The van der Waals surface area contributed by atoms with Crippen LogP contribution in [0.3, 0.4) is 0 Å². The SMILES string of the molecule is CCOP(=O)(CO)OCC.CCOP(=O)(COc1cnc(C(=O)N(C)C)cn1)OCC.CN(C)C(=O)c1cnc(Cl)cn1.ClCCl.O=C(Cl)c1cnc(Cl)cn1. The summed E-state index contributed by atoms with van der Waals surface area (Å²) in [4.78, 5) is 58.7. The number of nitrogens with zero attached hydrogens (tertiary/aromatic N) is 8. The van der Waals surface area contributed by atoms with Crippen molar-refractivity contribution in [2.75, 3.05) is 72.7 Å². The summed E-state index contributed by atoms with van der Waals surface area (Å²) in [6.45, 7) is 7.91. The number of amides is 2. The minimum absolute atomic E-state index is 0.103. The zero-order chi connectivity index (χ0) is 43.3. The summed E-state index contributed by atoms with van der Waals surface area (Å²) in [6, 6.07) is 0. The molecule has 3 rings (SSSR count). The molecule has 3 aromatic rings. The summed E-state index contributed by atoms with van der Waals surface area (Å²) in [6.07, 6.45) is 6.96. The minimum Gasteiger partial charge on any atom is -0.464 e. The summed E-state index contributed by atoms with van der Waals surface area (Å²) < 4.78 is 48.1. The molecule has 0 spiro atoms. The van der Waals surface area contributed by atoms with E-state index in [-0.39, 0.29) is 77.5 Å². The van der Waals surface area contributed by atoms with Gasteiger partial charge in [-0.2, -0.15) is 0 Å². The summed E-state index contributed by atoms with van der Waals surface area (Å²) in [5.41, 5.74) is 0.598. The number of aromatic nitrogens is 6. The van der Waals surface area contributed by atoms with Gasteiger partial charge >= 0.3 is 15.2 Å². The third-order valence-corrected chi connectivity index (χ3v) is 9.15. The van der Waals surface area contributed by atoms with E-state index in [0.717, 1.165) is 0 Å². The van der Waals surface area contributed by atoms with Crippen LogP contribution in [0.1, 0.15) is 59.2 Å². The van der Waals surface area contributed by atoms with Crippen molar-refractivity contribution in [3.63, 3.8) is 0 Å². The highest BCUT2D eigenvalue weighted by Crippen LogP contribution is 2.48. The Kier molecular flexibility index (Phi) is 31.1. The van der Waals surface area contributed by atoms with Crippen molar-refractivity contribution in [3.05, 3.63) is 64.6 Å². The molecule has 316 valence electrons. The number of ether oxygens (including phenoxy) is 1. The molecule has 19 nitrogen and oxygen atoms in total. The molecule has 26 heteroatoms. The average molecular weight is 933 g/mol. The van der Waals surface area contributed by atoms with E-state index in [9.17, 15) is 23.5 Å². The quantitative estimate of drug-likeness (QED) is 0.0943. The Balaban J connectivity index is 0. The Morgan fingerprint density at radius 3 is 1.27 bits per heavy atom. The third-order valence-electron chi connectivity index (χ3n) is 5.17. The lowest BCUT2D eigenvalue weighted by atomic mass is 10.4. The van der Waals surface area contributed by atoms with Gasteiger partial charge in [0.15, 0.2) is 6.35 Å².